The normalized spacial score (nSPS) is 15.8. The lowest BCUT2D eigenvalue weighted by Gasteiger charge is -2.23. The quantitative estimate of drug-likeness (QED) is 0.673. The number of hydrogen-bond acceptors (Lipinski definition) is 4. The molecule has 26 heavy (non-hydrogen) atoms. The van der Waals surface area contributed by atoms with Crippen LogP contribution in [0.25, 0.3) is 10.9 Å². The first-order valence-electron chi connectivity index (χ1n) is 8.37. The van der Waals surface area contributed by atoms with Crippen molar-refractivity contribution in [2.24, 2.45) is 11.7 Å². The maximum absolute atomic E-state index is 12.8. The summed E-state index contributed by atoms with van der Waals surface area (Å²) in [6.07, 6.45) is 2.87. The highest BCUT2D eigenvalue weighted by Crippen LogP contribution is 2.19. The van der Waals surface area contributed by atoms with Crippen molar-refractivity contribution in [1.29, 1.82) is 0 Å². The molecule has 0 spiro atoms. The maximum Gasteiger partial charge on any atom is 0.261 e. The van der Waals surface area contributed by atoms with Crippen LogP contribution in [0, 0.1) is 17.8 Å². The van der Waals surface area contributed by atoms with E-state index in [4.69, 9.17) is 5.73 Å². The molecule has 0 saturated carbocycles. The van der Waals surface area contributed by atoms with Gasteiger partial charge in [-0.15, -0.1) is 0 Å². The van der Waals surface area contributed by atoms with Crippen molar-refractivity contribution < 1.29 is 4.79 Å². The van der Waals surface area contributed by atoms with Gasteiger partial charge in [0.25, 0.3) is 5.56 Å². The van der Waals surface area contributed by atoms with E-state index in [1.165, 1.54) is 0 Å². The van der Waals surface area contributed by atoms with E-state index in [0.29, 0.717) is 41.8 Å². The molecule has 1 aliphatic rings. The molecule has 1 unspecified atom stereocenters. The van der Waals surface area contributed by atoms with E-state index in [1.807, 2.05) is 24.3 Å². The van der Waals surface area contributed by atoms with Crippen LogP contribution in [0.15, 0.2) is 47.4 Å². The Labute approximate surface area is 149 Å². The van der Waals surface area contributed by atoms with Crippen LogP contribution in [0.1, 0.15) is 23.5 Å². The molecule has 1 atom stereocenters. The number of hydrogen-bond donors (Lipinski definition) is 1. The van der Waals surface area contributed by atoms with E-state index in [1.54, 1.807) is 22.9 Å². The number of aromatic nitrogens is 3. The van der Waals surface area contributed by atoms with Crippen molar-refractivity contribution in [1.82, 2.24) is 14.5 Å². The molecule has 0 fully saturated rings. The topological polar surface area (TPSA) is 90.9 Å². The molecule has 0 radical (unpaired) electrons. The summed E-state index contributed by atoms with van der Waals surface area (Å²) in [7, 11) is 0. The zero-order valence-electron chi connectivity index (χ0n) is 14.0. The number of nitrogens with zero attached hydrogens (tertiary/aromatic N) is 3. The number of amides is 1. The van der Waals surface area contributed by atoms with E-state index in [-0.39, 0.29) is 17.4 Å². The summed E-state index contributed by atoms with van der Waals surface area (Å²) in [5, 5.41) is 0.516. The van der Waals surface area contributed by atoms with Gasteiger partial charge in [-0.3, -0.25) is 14.2 Å². The average Bonchev–Trinajstić information content (AvgIpc) is 2.67. The molecule has 1 aliphatic heterocycles. The molecular weight excluding hydrogens is 328 g/mol. The Morgan fingerprint density at radius 3 is 2.88 bits per heavy atom. The second kappa shape index (κ2) is 6.45. The predicted octanol–water partition coefficient (Wildman–Crippen LogP) is 1.24. The van der Waals surface area contributed by atoms with Gasteiger partial charge in [-0.2, -0.15) is 0 Å². The van der Waals surface area contributed by atoms with Gasteiger partial charge in [0.05, 0.1) is 16.8 Å². The molecule has 0 aliphatic carbocycles. The van der Waals surface area contributed by atoms with Crippen LogP contribution in [0.5, 0.6) is 0 Å². The first kappa shape index (κ1) is 16.0. The number of aryl methyl sites for hydroxylation is 1. The lowest BCUT2D eigenvalue weighted by atomic mass is 9.98. The number of nitrogens with two attached hydrogens (primary N) is 1. The van der Waals surface area contributed by atoms with Crippen LogP contribution in [0.2, 0.25) is 0 Å². The van der Waals surface area contributed by atoms with Gasteiger partial charge < -0.3 is 5.73 Å². The third kappa shape index (κ3) is 2.95. The van der Waals surface area contributed by atoms with Crippen LogP contribution in [-0.4, -0.2) is 20.4 Å². The molecule has 4 rings (SSSR count). The highest BCUT2D eigenvalue weighted by molar-refractivity contribution is 5.80. The molecule has 3 heterocycles. The summed E-state index contributed by atoms with van der Waals surface area (Å²) in [4.78, 5) is 33.0. The van der Waals surface area contributed by atoms with Crippen LogP contribution in [-0.2, 0) is 17.8 Å². The molecule has 1 aromatic carbocycles. The van der Waals surface area contributed by atoms with E-state index < -0.39 is 0 Å². The summed E-state index contributed by atoms with van der Waals surface area (Å²) < 4.78 is 1.57. The minimum absolute atomic E-state index is 0.139. The summed E-state index contributed by atoms with van der Waals surface area (Å²) >= 11 is 0. The highest BCUT2D eigenvalue weighted by Gasteiger charge is 2.25. The van der Waals surface area contributed by atoms with Crippen molar-refractivity contribution in [3.63, 3.8) is 0 Å². The second-order valence-electron chi connectivity index (χ2n) is 6.28. The molecule has 2 N–H and O–H groups in total. The Morgan fingerprint density at radius 1 is 1.23 bits per heavy atom. The molecule has 0 bridgehead atoms. The molecule has 128 valence electrons. The van der Waals surface area contributed by atoms with E-state index >= 15 is 0 Å². The van der Waals surface area contributed by atoms with Crippen molar-refractivity contribution in [3.05, 3.63) is 70.0 Å². The van der Waals surface area contributed by atoms with Crippen LogP contribution < -0.4 is 11.3 Å². The zero-order chi connectivity index (χ0) is 18.1. The third-order valence-electron chi connectivity index (χ3n) is 4.56. The summed E-state index contributed by atoms with van der Waals surface area (Å²) in [6, 6.07) is 10.9. The number of fused-ring (bicyclic) bond motifs is 2. The Bertz CT molecular complexity index is 1120. The van der Waals surface area contributed by atoms with Crippen molar-refractivity contribution in [2.75, 3.05) is 0 Å². The van der Waals surface area contributed by atoms with Gasteiger partial charge in [0, 0.05) is 24.7 Å². The highest BCUT2D eigenvalue weighted by atomic mass is 16.1. The molecule has 1 amide bonds. The first-order valence-corrected chi connectivity index (χ1v) is 8.37. The van der Waals surface area contributed by atoms with Gasteiger partial charge in [-0.05, 0) is 42.7 Å². The summed E-state index contributed by atoms with van der Waals surface area (Å²) in [5.41, 5.74) is 7.32. The van der Waals surface area contributed by atoms with Gasteiger partial charge in [0.2, 0.25) is 5.91 Å². The van der Waals surface area contributed by atoms with Crippen LogP contribution in [0.4, 0.5) is 0 Å². The van der Waals surface area contributed by atoms with Gasteiger partial charge in [-0.1, -0.05) is 12.0 Å². The monoisotopic (exact) mass is 344 g/mol. The van der Waals surface area contributed by atoms with Crippen molar-refractivity contribution >= 4 is 16.8 Å². The van der Waals surface area contributed by atoms with Crippen molar-refractivity contribution in [2.45, 2.75) is 19.4 Å². The zero-order valence-corrected chi connectivity index (χ0v) is 14.0. The SMILES string of the molecule is NC(=O)C1CCc2nc3cc(C#Cc4ccccn4)ccc3c(=O)n2C1. The van der Waals surface area contributed by atoms with Crippen LogP contribution in [0.3, 0.4) is 0 Å². The largest absolute Gasteiger partial charge is 0.369 e. The number of carbonyl (C=O) groups is 1. The Hall–Kier alpha value is -3.46. The Balaban J connectivity index is 1.75. The predicted molar refractivity (Wildman–Crippen MR) is 97.2 cm³/mol. The molecule has 2 aromatic heterocycles. The van der Waals surface area contributed by atoms with Crippen molar-refractivity contribution in [3.8, 4) is 11.8 Å². The Morgan fingerprint density at radius 2 is 2.12 bits per heavy atom. The molecule has 3 aromatic rings. The van der Waals surface area contributed by atoms with Gasteiger partial charge >= 0.3 is 0 Å². The van der Waals surface area contributed by atoms with E-state index in [2.05, 4.69) is 21.8 Å². The fourth-order valence-corrected chi connectivity index (χ4v) is 3.14. The fraction of sp³-hybridized carbons (Fsp3) is 0.200. The molecule has 0 saturated heterocycles. The fourth-order valence-electron chi connectivity index (χ4n) is 3.14. The number of benzene rings is 1. The third-order valence-corrected chi connectivity index (χ3v) is 4.56. The lowest BCUT2D eigenvalue weighted by molar-refractivity contribution is -0.122. The lowest BCUT2D eigenvalue weighted by Crippen LogP contribution is -2.38. The number of primary amides is 1. The Kier molecular flexibility index (Phi) is 3.98. The number of pyridine rings is 1. The minimum Gasteiger partial charge on any atom is -0.369 e. The van der Waals surface area contributed by atoms with Crippen LogP contribution >= 0.6 is 0 Å². The maximum atomic E-state index is 12.8. The standard InChI is InChI=1S/C20H16N4O2/c21-19(25)14-6-9-18-23-17-11-13(4-7-15-3-1-2-10-22-15)5-8-16(17)20(26)24(18)12-14/h1-3,5,8,10-11,14H,6,9,12H2,(H2,21,25). The first-order chi connectivity index (χ1) is 12.6. The number of rotatable bonds is 1. The molecule has 6 nitrogen and oxygen atoms in total. The van der Waals surface area contributed by atoms with E-state index in [9.17, 15) is 9.59 Å². The molecular formula is C20H16N4O2. The minimum atomic E-state index is -0.372. The van der Waals surface area contributed by atoms with E-state index in [0.717, 1.165) is 5.56 Å². The van der Waals surface area contributed by atoms with Gasteiger partial charge in [0.15, 0.2) is 0 Å². The van der Waals surface area contributed by atoms with Gasteiger partial charge in [0.1, 0.15) is 11.5 Å². The number of carbonyl (C=O) groups excluding carboxylic acids is 1. The van der Waals surface area contributed by atoms with Gasteiger partial charge in [-0.25, -0.2) is 9.97 Å². The summed E-state index contributed by atoms with van der Waals surface area (Å²) in [5.74, 6) is 6.05. The smallest absolute Gasteiger partial charge is 0.261 e. The second-order valence-corrected chi connectivity index (χ2v) is 6.28. The average molecular weight is 344 g/mol. The molecule has 6 heteroatoms. The summed E-state index contributed by atoms with van der Waals surface area (Å²) in [6.45, 7) is 0.299.